The normalized spacial score (nSPS) is 13.9. The number of hydrogen-bond donors (Lipinski definition) is 4. The fourth-order valence-electron chi connectivity index (χ4n) is 5.18. The molecule has 10 heteroatoms. The number of hydrogen-bond acceptors (Lipinski definition) is 4. The number of unbranched alkanes of at least 4 members (excludes halogenated alkanes) is 4. The largest absolute Gasteiger partial charge is 0.394 e. The van der Waals surface area contributed by atoms with Gasteiger partial charge >= 0.3 is 22.5 Å². The van der Waals surface area contributed by atoms with E-state index < -0.39 is 22.5 Å². The van der Waals surface area contributed by atoms with E-state index in [-0.39, 0.29) is 7.78 Å². The summed E-state index contributed by atoms with van der Waals surface area (Å²) in [5.74, 6) is 0. The summed E-state index contributed by atoms with van der Waals surface area (Å²) in [7, 11) is 0. The number of nitrogens with two attached hydrogens (primary N) is 2. The van der Waals surface area contributed by atoms with Crippen LogP contribution in [0.4, 0.5) is 22.7 Å². The van der Waals surface area contributed by atoms with Crippen molar-refractivity contribution >= 4 is 45.3 Å². The minimum atomic E-state index is -2.13. The second-order valence-corrected chi connectivity index (χ2v) is 12.8. The monoisotopic (exact) mass is 582 g/mol. The molecule has 2 rings (SSSR count). The third-order valence-corrected chi connectivity index (χ3v) is 9.89. The highest BCUT2D eigenvalue weighted by molar-refractivity contribution is 7.79. The van der Waals surface area contributed by atoms with Crippen molar-refractivity contribution in [3.05, 3.63) is 47.5 Å². The smallest absolute Gasteiger partial charge is 0.363 e. The maximum absolute atomic E-state index is 12.8. The number of benzene rings is 2. The van der Waals surface area contributed by atoms with Crippen molar-refractivity contribution in [1.82, 2.24) is 7.78 Å². The first-order chi connectivity index (χ1) is 18.6. The van der Waals surface area contributed by atoms with Crippen molar-refractivity contribution in [1.29, 1.82) is 0 Å². The summed E-state index contributed by atoms with van der Waals surface area (Å²) in [5, 5.41) is 0. The summed E-state index contributed by atoms with van der Waals surface area (Å²) in [5.41, 5.74) is 17.2. The fraction of sp³-hybridized carbons (Fsp3) is 0.586. The molecule has 0 bridgehead atoms. The molecule has 0 aromatic heterocycles. The SMILES string of the molecule is CCCC[N+](CCCC)(c1cc(Cc2ccc(N)c([N+](CCCC)(CCCC)S(=O)O)c2)ccc1N)S(=O)O. The summed E-state index contributed by atoms with van der Waals surface area (Å²) >= 11 is -4.27. The number of quaternary nitrogens is 2. The van der Waals surface area contributed by atoms with Crippen molar-refractivity contribution in [2.24, 2.45) is 0 Å². The molecule has 220 valence electrons. The van der Waals surface area contributed by atoms with Gasteiger partial charge in [0.05, 0.1) is 37.6 Å². The molecule has 8 nitrogen and oxygen atoms in total. The zero-order valence-corrected chi connectivity index (χ0v) is 25.9. The Morgan fingerprint density at radius 1 is 0.615 bits per heavy atom. The molecular weight excluding hydrogens is 532 g/mol. The van der Waals surface area contributed by atoms with Gasteiger partial charge in [-0.1, -0.05) is 65.5 Å². The van der Waals surface area contributed by atoms with Crippen molar-refractivity contribution in [3.63, 3.8) is 0 Å². The van der Waals surface area contributed by atoms with Crippen LogP contribution < -0.4 is 19.2 Å². The van der Waals surface area contributed by atoms with Crippen LogP contribution in [0.5, 0.6) is 0 Å². The van der Waals surface area contributed by atoms with Crippen LogP contribution in [-0.4, -0.2) is 43.7 Å². The van der Waals surface area contributed by atoms with Gasteiger partial charge in [0.15, 0.2) is 11.4 Å². The van der Waals surface area contributed by atoms with E-state index in [9.17, 15) is 17.5 Å². The van der Waals surface area contributed by atoms with E-state index in [2.05, 4.69) is 27.7 Å². The Bertz CT molecular complexity index is 1010. The van der Waals surface area contributed by atoms with Gasteiger partial charge in [0.25, 0.3) is 0 Å². The second kappa shape index (κ2) is 15.8. The summed E-state index contributed by atoms with van der Waals surface area (Å²) in [6, 6.07) is 11.5. The van der Waals surface area contributed by atoms with E-state index in [4.69, 9.17) is 11.5 Å². The molecule has 0 aliphatic rings. The third-order valence-electron chi connectivity index (χ3n) is 7.57. The Morgan fingerprint density at radius 2 is 0.923 bits per heavy atom. The number of anilines is 2. The molecule has 2 unspecified atom stereocenters. The van der Waals surface area contributed by atoms with Crippen LogP contribution in [0.3, 0.4) is 0 Å². The predicted molar refractivity (Wildman–Crippen MR) is 169 cm³/mol. The summed E-state index contributed by atoms with van der Waals surface area (Å²) < 4.78 is 46.7. The van der Waals surface area contributed by atoms with Crippen LogP contribution in [0.1, 0.15) is 90.2 Å². The van der Waals surface area contributed by atoms with Crippen LogP contribution in [0.2, 0.25) is 0 Å². The first-order valence-corrected chi connectivity index (χ1v) is 16.5. The highest BCUT2D eigenvalue weighted by atomic mass is 32.2. The Hall–Kier alpha value is -1.82. The first-order valence-electron chi connectivity index (χ1n) is 14.4. The van der Waals surface area contributed by atoms with Gasteiger partial charge in [0.1, 0.15) is 0 Å². The maximum atomic E-state index is 12.8. The Morgan fingerprint density at radius 3 is 1.18 bits per heavy atom. The number of nitrogens with zero attached hydrogens (tertiary/aromatic N) is 2. The molecule has 0 fully saturated rings. The van der Waals surface area contributed by atoms with Gasteiger partial charge in [-0.05, 0) is 55.4 Å². The van der Waals surface area contributed by atoms with Gasteiger partial charge in [-0.3, -0.25) is 9.11 Å². The van der Waals surface area contributed by atoms with Crippen molar-refractivity contribution < 1.29 is 17.5 Å². The second-order valence-electron chi connectivity index (χ2n) is 10.5. The van der Waals surface area contributed by atoms with E-state index in [1.165, 1.54) is 0 Å². The fourth-order valence-corrected chi connectivity index (χ4v) is 6.97. The standard InChI is InChI=1S/C29H48N4O4S2/c1-5-9-17-32(38(34)35,18-10-6-2)28-22-24(13-15-26(28)30)21-25-14-16-27(31)29(23-25)33(39(36)37,19-11-7-3)20-12-8-4/h13-16,22-23H,5-12,17-21,30-31H2,1-4H3/p+2. The molecule has 0 spiro atoms. The molecule has 0 saturated carbocycles. The summed E-state index contributed by atoms with van der Waals surface area (Å²) in [4.78, 5) is 0. The molecule has 2 aromatic carbocycles. The van der Waals surface area contributed by atoms with E-state index >= 15 is 0 Å². The van der Waals surface area contributed by atoms with E-state index in [0.29, 0.717) is 55.3 Å². The molecule has 0 aliphatic carbocycles. The Balaban J connectivity index is 2.58. The summed E-state index contributed by atoms with van der Waals surface area (Å²) in [6.45, 7) is 10.5. The average molecular weight is 583 g/mol. The summed E-state index contributed by atoms with van der Waals surface area (Å²) in [6.07, 6.45) is 7.46. The van der Waals surface area contributed by atoms with E-state index in [0.717, 1.165) is 62.5 Å². The molecule has 0 saturated heterocycles. The van der Waals surface area contributed by atoms with Gasteiger partial charge in [-0.2, -0.15) is 16.2 Å². The minimum absolute atomic E-state index is 0.0636. The molecule has 0 radical (unpaired) electrons. The van der Waals surface area contributed by atoms with Crippen molar-refractivity contribution in [2.75, 3.05) is 37.6 Å². The molecular formula is C29H50N4O4S2+2. The Labute approximate surface area is 240 Å². The van der Waals surface area contributed by atoms with Crippen LogP contribution >= 0.6 is 0 Å². The lowest BCUT2D eigenvalue weighted by atomic mass is 10.0. The first kappa shape index (κ1) is 33.4. The third kappa shape index (κ3) is 8.11. The predicted octanol–water partition coefficient (Wildman–Crippen LogP) is 6.53. The number of nitrogen functional groups attached to an aromatic ring is 2. The molecule has 2 atom stereocenters. The lowest BCUT2D eigenvalue weighted by Gasteiger charge is -2.34. The van der Waals surface area contributed by atoms with E-state index in [1.54, 1.807) is 0 Å². The number of rotatable bonds is 18. The van der Waals surface area contributed by atoms with Crippen LogP contribution in [0, 0.1) is 0 Å². The molecule has 0 heterocycles. The highest BCUT2D eigenvalue weighted by Gasteiger charge is 2.40. The lowest BCUT2D eigenvalue weighted by molar-refractivity contribution is 0.377. The zero-order valence-electron chi connectivity index (χ0n) is 24.2. The van der Waals surface area contributed by atoms with Gasteiger partial charge < -0.3 is 11.5 Å². The molecule has 0 amide bonds. The zero-order chi connectivity index (χ0) is 29.1. The van der Waals surface area contributed by atoms with Crippen LogP contribution in [0.15, 0.2) is 36.4 Å². The highest BCUT2D eigenvalue weighted by Crippen LogP contribution is 2.37. The van der Waals surface area contributed by atoms with Gasteiger partial charge in [-0.15, -0.1) is 0 Å². The molecule has 39 heavy (non-hydrogen) atoms. The van der Waals surface area contributed by atoms with Crippen LogP contribution in [0.25, 0.3) is 0 Å². The maximum Gasteiger partial charge on any atom is 0.363 e. The topological polar surface area (TPSA) is 127 Å². The molecule has 6 N–H and O–H groups in total. The van der Waals surface area contributed by atoms with Crippen molar-refractivity contribution in [3.8, 4) is 0 Å². The van der Waals surface area contributed by atoms with Crippen molar-refractivity contribution in [2.45, 2.75) is 85.5 Å². The van der Waals surface area contributed by atoms with Gasteiger partial charge in [0, 0.05) is 12.1 Å². The lowest BCUT2D eigenvalue weighted by Crippen LogP contribution is -2.52. The van der Waals surface area contributed by atoms with Gasteiger partial charge in [-0.25, -0.2) is 0 Å². The quantitative estimate of drug-likeness (QED) is 0.0899. The molecule has 2 aromatic rings. The molecule has 0 aliphatic heterocycles. The van der Waals surface area contributed by atoms with Crippen LogP contribution in [-0.2, 0) is 29.0 Å². The average Bonchev–Trinajstić information content (AvgIpc) is 2.91. The minimum Gasteiger partial charge on any atom is -0.394 e. The van der Waals surface area contributed by atoms with Gasteiger partial charge in [0.2, 0.25) is 0 Å². The Kier molecular flexibility index (Phi) is 13.6. The van der Waals surface area contributed by atoms with E-state index in [1.807, 2.05) is 36.4 Å².